The van der Waals surface area contributed by atoms with E-state index in [1.165, 1.54) is 42.5 Å². The number of rotatable bonds is 8. The molecule has 0 fully saturated rings. The van der Waals surface area contributed by atoms with Crippen LogP contribution in [-0.4, -0.2) is 30.2 Å². The molecule has 0 aliphatic heterocycles. The predicted octanol–water partition coefficient (Wildman–Crippen LogP) is 3.94. The number of alkyl halides is 3. The first kappa shape index (κ1) is 20.0. The van der Waals surface area contributed by atoms with Crippen molar-refractivity contribution in [2.24, 2.45) is 0 Å². The van der Waals surface area contributed by atoms with Gasteiger partial charge in [0.15, 0.2) is 6.61 Å². The fourth-order valence-corrected chi connectivity index (χ4v) is 1.99. The Kier molecular flexibility index (Phi) is 6.58. The molecule has 0 radical (unpaired) electrons. The third-order valence-corrected chi connectivity index (χ3v) is 3.20. The van der Waals surface area contributed by atoms with Crippen LogP contribution in [0, 0.1) is 10.1 Å². The van der Waals surface area contributed by atoms with Crippen molar-refractivity contribution in [3.63, 3.8) is 0 Å². The summed E-state index contributed by atoms with van der Waals surface area (Å²) in [5, 5.41) is 13.0. The molecule has 0 atom stereocenters. The predicted molar refractivity (Wildman–Crippen MR) is 89.8 cm³/mol. The number of carbonyl (C=O) groups excluding carboxylic acids is 1. The van der Waals surface area contributed by atoms with Crippen molar-refractivity contribution in [1.29, 1.82) is 0 Å². The lowest BCUT2D eigenvalue weighted by Gasteiger charge is -2.14. The fourth-order valence-electron chi connectivity index (χ4n) is 1.99. The SMILES string of the molecule is O=C(CCOc1ccc([N+](=O)[O-])cc1)Nc1ccccc1OCC(F)(F)F. The highest BCUT2D eigenvalue weighted by molar-refractivity contribution is 5.92. The van der Waals surface area contributed by atoms with E-state index in [0.29, 0.717) is 5.75 Å². The number of anilines is 1. The molecule has 0 unspecified atom stereocenters. The molecule has 1 amide bonds. The van der Waals surface area contributed by atoms with Gasteiger partial charge in [-0.1, -0.05) is 12.1 Å². The largest absolute Gasteiger partial charge is 0.493 e. The molecule has 27 heavy (non-hydrogen) atoms. The number of nitrogens with one attached hydrogen (secondary N) is 1. The van der Waals surface area contributed by atoms with E-state index >= 15 is 0 Å². The van der Waals surface area contributed by atoms with Gasteiger partial charge in [0.25, 0.3) is 5.69 Å². The Hall–Kier alpha value is -3.30. The second-order valence-electron chi connectivity index (χ2n) is 5.30. The molecule has 0 saturated heterocycles. The molecule has 0 saturated carbocycles. The summed E-state index contributed by atoms with van der Waals surface area (Å²) in [6.07, 6.45) is -4.57. The van der Waals surface area contributed by atoms with Gasteiger partial charge in [0, 0.05) is 12.1 Å². The summed E-state index contributed by atoms with van der Waals surface area (Å²) in [5.41, 5.74) is 0.0256. The number of nitro groups is 1. The normalized spacial score (nSPS) is 10.9. The molecule has 2 aromatic rings. The van der Waals surface area contributed by atoms with Gasteiger partial charge in [-0.2, -0.15) is 13.2 Å². The number of hydrogen-bond acceptors (Lipinski definition) is 5. The molecular weight excluding hydrogens is 369 g/mol. The van der Waals surface area contributed by atoms with Gasteiger partial charge in [-0.3, -0.25) is 14.9 Å². The van der Waals surface area contributed by atoms with E-state index in [1.807, 2.05) is 0 Å². The molecule has 7 nitrogen and oxygen atoms in total. The van der Waals surface area contributed by atoms with E-state index in [4.69, 9.17) is 4.74 Å². The van der Waals surface area contributed by atoms with Crippen molar-refractivity contribution in [3.8, 4) is 11.5 Å². The summed E-state index contributed by atoms with van der Waals surface area (Å²) in [6, 6.07) is 11.1. The first-order valence-corrected chi connectivity index (χ1v) is 7.70. The first-order valence-electron chi connectivity index (χ1n) is 7.70. The van der Waals surface area contributed by atoms with Crippen LogP contribution in [0.3, 0.4) is 0 Å². The number of non-ortho nitro benzene ring substituents is 1. The van der Waals surface area contributed by atoms with Crippen molar-refractivity contribution in [2.45, 2.75) is 12.6 Å². The Morgan fingerprint density at radius 3 is 2.37 bits per heavy atom. The van der Waals surface area contributed by atoms with E-state index in [0.717, 1.165) is 0 Å². The maximum atomic E-state index is 12.3. The number of benzene rings is 2. The van der Waals surface area contributed by atoms with E-state index in [9.17, 15) is 28.1 Å². The second kappa shape index (κ2) is 8.88. The maximum Gasteiger partial charge on any atom is 0.422 e. The van der Waals surface area contributed by atoms with E-state index in [-0.39, 0.29) is 30.2 Å². The number of nitrogens with zero attached hydrogens (tertiary/aromatic N) is 1. The minimum absolute atomic E-state index is 0.0186. The number of amides is 1. The average molecular weight is 384 g/mol. The summed E-state index contributed by atoms with van der Waals surface area (Å²) >= 11 is 0. The lowest BCUT2D eigenvalue weighted by Crippen LogP contribution is -2.20. The van der Waals surface area contributed by atoms with Crippen LogP contribution in [-0.2, 0) is 4.79 Å². The van der Waals surface area contributed by atoms with Crippen molar-refractivity contribution in [1.82, 2.24) is 0 Å². The smallest absolute Gasteiger partial charge is 0.422 e. The Bertz CT molecular complexity index is 794. The van der Waals surface area contributed by atoms with Crippen molar-refractivity contribution < 1.29 is 32.4 Å². The summed E-state index contributed by atoms with van der Waals surface area (Å²) < 4.78 is 46.8. The minimum Gasteiger partial charge on any atom is -0.493 e. The molecule has 0 spiro atoms. The fraction of sp³-hybridized carbons (Fsp3) is 0.235. The zero-order valence-corrected chi connectivity index (χ0v) is 13.9. The number of hydrogen-bond donors (Lipinski definition) is 1. The van der Waals surface area contributed by atoms with Crippen LogP contribution < -0.4 is 14.8 Å². The summed E-state index contributed by atoms with van der Waals surface area (Å²) in [4.78, 5) is 22.0. The van der Waals surface area contributed by atoms with Gasteiger partial charge in [0.05, 0.1) is 23.6 Å². The molecule has 0 heterocycles. The third kappa shape index (κ3) is 6.84. The second-order valence-corrected chi connectivity index (χ2v) is 5.30. The molecule has 0 aliphatic rings. The highest BCUT2D eigenvalue weighted by Crippen LogP contribution is 2.26. The molecule has 144 valence electrons. The highest BCUT2D eigenvalue weighted by atomic mass is 19.4. The van der Waals surface area contributed by atoms with Crippen molar-refractivity contribution in [2.75, 3.05) is 18.5 Å². The molecule has 1 N–H and O–H groups in total. The van der Waals surface area contributed by atoms with Gasteiger partial charge in [0.2, 0.25) is 5.91 Å². The number of carbonyl (C=O) groups is 1. The lowest BCUT2D eigenvalue weighted by molar-refractivity contribution is -0.384. The van der Waals surface area contributed by atoms with E-state index < -0.39 is 23.6 Å². The topological polar surface area (TPSA) is 90.7 Å². The molecular formula is C17H15F3N2O5. The van der Waals surface area contributed by atoms with Crippen LogP contribution in [0.2, 0.25) is 0 Å². The summed E-state index contributed by atoms with van der Waals surface area (Å²) in [7, 11) is 0. The zero-order valence-electron chi connectivity index (χ0n) is 13.9. The van der Waals surface area contributed by atoms with Crippen LogP contribution in [0.1, 0.15) is 6.42 Å². The molecule has 10 heteroatoms. The average Bonchev–Trinajstić information content (AvgIpc) is 2.60. The number of para-hydroxylation sites is 2. The van der Waals surface area contributed by atoms with Crippen LogP contribution in [0.4, 0.5) is 24.5 Å². The summed E-state index contributed by atoms with van der Waals surface area (Å²) in [6.45, 7) is -1.49. The van der Waals surface area contributed by atoms with Gasteiger partial charge < -0.3 is 14.8 Å². The zero-order chi connectivity index (χ0) is 19.9. The van der Waals surface area contributed by atoms with E-state index in [2.05, 4.69) is 10.1 Å². The van der Waals surface area contributed by atoms with E-state index in [1.54, 1.807) is 6.07 Å². The number of halogens is 3. The standard InChI is InChI=1S/C17H15F3N2O5/c18-17(19,20)11-27-15-4-2-1-3-14(15)21-16(23)9-10-26-13-7-5-12(6-8-13)22(24)25/h1-8H,9-11H2,(H,21,23). The van der Waals surface area contributed by atoms with Crippen LogP contribution >= 0.6 is 0 Å². The van der Waals surface area contributed by atoms with Gasteiger partial charge in [0.1, 0.15) is 11.5 Å². The first-order chi connectivity index (χ1) is 12.7. The van der Waals surface area contributed by atoms with Crippen molar-refractivity contribution in [3.05, 3.63) is 58.6 Å². The number of nitro benzene ring substituents is 1. The molecule has 0 aliphatic carbocycles. The molecule has 2 aromatic carbocycles. The Labute approximate surface area is 151 Å². The van der Waals surface area contributed by atoms with Crippen LogP contribution in [0.25, 0.3) is 0 Å². The summed E-state index contributed by atoms with van der Waals surface area (Å²) in [5.74, 6) is -0.234. The molecule has 0 bridgehead atoms. The molecule has 2 rings (SSSR count). The Morgan fingerprint density at radius 1 is 1.07 bits per heavy atom. The monoisotopic (exact) mass is 384 g/mol. The van der Waals surface area contributed by atoms with Gasteiger partial charge in [-0.15, -0.1) is 0 Å². The third-order valence-electron chi connectivity index (χ3n) is 3.20. The van der Waals surface area contributed by atoms with Crippen molar-refractivity contribution >= 4 is 17.3 Å². The highest BCUT2D eigenvalue weighted by Gasteiger charge is 2.28. The maximum absolute atomic E-state index is 12.3. The Balaban J connectivity index is 1.84. The number of ether oxygens (including phenoxy) is 2. The lowest BCUT2D eigenvalue weighted by atomic mass is 10.2. The van der Waals surface area contributed by atoms with Gasteiger partial charge >= 0.3 is 6.18 Å². The van der Waals surface area contributed by atoms with Crippen LogP contribution in [0.5, 0.6) is 11.5 Å². The minimum atomic E-state index is -4.49. The Morgan fingerprint density at radius 2 is 1.74 bits per heavy atom. The van der Waals surface area contributed by atoms with Crippen LogP contribution in [0.15, 0.2) is 48.5 Å². The van der Waals surface area contributed by atoms with Gasteiger partial charge in [-0.25, -0.2) is 0 Å². The van der Waals surface area contributed by atoms with Gasteiger partial charge in [-0.05, 0) is 24.3 Å². The molecule has 0 aromatic heterocycles. The quantitative estimate of drug-likeness (QED) is 0.550.